The Morgan fingerprint density at radius 3 is 2.33 bits per heavy atom. The standard InChI is InChI=1S/C24H19ClN4O4/c1-29-24(32)17-10-4-3-9-16(17)21(28-29)23(31)27-26-22(30)18-11-5-7-13-20(18)33-14-15-8-2-6-12-19(15)25/h2-13H,14H2,1H3,(H,26,30)(H,27,31). The zero-order valence-corrected chi connectivity index (χ0v) is 18.3. The van der Waals surface area contributed by atoms with Crippen molar-refractivity contribution in [3.05, 3.63) is 105 Å². The molecule has 3 aromatic carbocycles. The van der Waals surface area contributed by atoms with Crippen LogP contribution in [0, 0.1) is 0 Å². The lowest BCUT2D eigenvalue weighted by atomic mass is 10.1. The van der Waals surface area contributed by atoms with Crippen LogP contribution in [0.25, 0.3) is 10.8 Å². The zero-order valence-electron chi connectivity index (χ0n) is 17.5. The molecule has 4 rings (SSSR count). The molecule has 166 valence electrons. The summed E-state index contributed by atoms with van der Waals surface area (Å²) in [6, 6.07) is 20.5. The summed E-state index contributed by atoms with van der Waals surface area (Å²) in [7, 11) is 1.46. The summed E-state index contributed by atoms with van der Waals surface area (Å²) < 4.78 is 6.88. The smallest absolute Gasteiger partial charge is 0.290 e. The second kappa shape index (κ2) is 9.54. The van der Waals surface area contributed by atoms with Crippen LogP contribution in [0.5, 0.6) is 5.75 Å². The van der Waals surface area contributed by atoms with E-state index in [9.17, 15) is 14.4 Å². The van der Waals surface area contributed by atoms with Crippen LogP contribution in [0.15, 0.2) is 77.6 Å². The highest BCUT2D eigenvalue weighted by atomic mass is 35.5. The Hall–Kier alpha value is -4.17. The van der Waals surface area contributed by atoms with Crippen LogP contribution >= 0.6 is 11.6 Å². The molecular formula is C24H19ClN4O4. The number of halogens is 1. The first kappa shape index (κ1) is 22.0. The summed E-state index contributed by atoms with van der Waals surface area (Å²) in [6.45, 7) is 0.171. The molecule has 0 unspecified atom stereocenters. The van der Waals surface area contributed by atoms with E-state index in [0.717, 1.165) is 10.2 Å². The number of para-hydroxylation sites is 1. The summed E-state index contributed by atoms with van der Waals surface area (Å²) >= 11 is 6.16. The summed E-state index contributed by atoms with van der Waals surface area (Å²) in [4.78, 5) is 37.8. The third-order valence-electron chi connectivity index (χ3n) is 4.93. The van der Waals surface area contributed by atoms with Gasteiger partial charge in [-0.2, -0.15) is 5.10 Å². The number of nitrogens with one attached hydrogen (secondary N) is 2. The van der Waals surface area contributed by atoms with Crippen LogP contribution in [0.2, 0.25) is 5.02 Å². The fourth-order valence-electron chi connectivity index (χ4n) is 3.26. The fourth-order valence-corrected chi connectivity index (χ4v) is 3.45. The molecule has 2 N–H and O–H groups in total. The van der Waals surface area contributed by atoms with Gasteiger partial charge in [0, 0.05) is 23.0 Å². The normalized spacial score (nSPS) is 10.6. The molecule has 0 aliphatic carbocycles. The number of hydrazine groups is 1. The van der Waals surface area contributed by atoms with Crippen LogP contribution in [-0.4, -0.2) is 21.6 Å². The molecule has 4 aromatic rings. The van der Waals surface area contributed by atoms with E-state index in [2.05, 4.69) is 16.0 Å². The molecule has 0 aliphatic rings. The van der Waals surface area contributed by atoms with Gasteiger partial charge in [0.1, 0.15) is 12.4 Å². The lowest BCUT2D eigenvalue weighted by Gasteiger charge is -2.13. The van der Waals surface area contributed by atoms with Crippen LogP contribution in [0.1, 0.15) is 26.4 Å². The minimum Gasteiger partial charge on any atom is -0.488 e. The number of amides is 2. The van der Waals surface area contributed by atoms with E-state index < -0.39 is 11.8 Å². The first-order valence-corrected chi connectivity index (χ1v) is 10.4. The minimum atomic E-state index is -0.662. The third kappa shape index (κ3) is 4.70. The predicted molar refractivity (Wildman–Crippen MR) is 124 cm³/mol. The van der Waals surface area contributed by atoms with E-state index in [-0.39, 0.29) is 23.4 Å². The van der Waals surface area contributed by atoms with E-state index >= 15 is 0 Å². The van der Waals surface area contributed by atoms with Crippen LogP contribution in [0.3, 0.4) is 0 Å². The van der Waals surface area contributed by atoms with Gasteiger partial charge in [-0.15, -0.1) is 0 Å². The van der Waals surface area contributed by atoms with Gasteiger partial charge in [0.25, 0.3) is 17.4 Å². The largest absolute Gasteiger partial charge is 0.488 e. The number of hydrogen-bond donors (Lipinski definition) is 2. The number of nitrogens with zero attached hydrogens (tertiary/aromatic N) is 2. The van der Waals surface area contributed by atoms with Crippen LogP contribution in [0.4, 0.5) is 0 Å². The lowest BCUT2D eigenvalue weighted by molar-refractivity contribution is 0.0841. The molecule has 0 fully saturated rings. The number of rotatable bonds is 5. The Bertz CT molecular complexity index is 1420. The average molecular weight is 463 g/mol. The van der Waals surface area contributed by atoms with Crippen molar-refractivity contribution in [1.82, 2.24) is 20.6 Å². The summed E-state index contributed by atoms with van der Waals surface area (Å²) in [6.07, 6.45) is 0. The van der Waals surface area contributed by atoms with Gasteiger partial charge >= 0.3 is 0 Å². The molecule has 0 saturated carbocycles. The van der Waals surface area contributed by atoms with Crippen molar-refractivity contribution in [3.8, 4) is 5.75 Å². The number of aromatic nitrogens is 2. The van der Waals surface area contributed by atoms with E-state index in [1.54, 1.807) is 54.6 Å². The molecule has 2 amide bonds. The van der Waals surface area contributed by atoms with Gasteiger partial charge < -0.3 is 4.74 Å². The van der Waals surface area contributed by atoms with Crippen molar-refractivity contribution in [2.75, 3.05) is 0 Å². The molecule has 0 radical (unpaired) electrons. The molecule has 0 spiro atoms. The SMILES string of the molecule is Cn1nc(C(=O)NNC(=O)c2ccccc2OCc2ccccc2Cl)c2ccccc2c1=O. The molecule has 9 heteroatoms. The number of fused-ring (bicyclic) bond motifs is 1. The van der Waals surface area contributed by atoms with E-state index in [4.69, 9.17) is 16.3 Å². The number of aryl methyl sites for hydroxylation is 1. The van der Waals surface area contributed by atoms with E-state index in [1.165, 1.54) is 7.05 Å². The number of hydrogen-bond acceptors (Lipinski definition) is 5. The second-order valence-corrected chi connectivity index (χ2v) is 7.51. The van der Waals surface area contributed by atoms with E-state index in [0.29, 0.717) is 21.5 Å². The maximum atomic E-state index is 12.8. The van der Waals surface area contributed by atoms with Gasteiger partial charge in [-0.1, -0.05) is 60.1 Å². The van der Waals surface area contributed by atoms with Crippen molar-refractivity contribution in [2.24, 2.45) is 7.05 Å². The van der Waals surface area contributed by atoms with Crippen molar-refractivity contribution in [3.63, 3.8) is 0 Å². The van der Waals surface area contributed by atoms with Crippen molar-refractivity contribution < 1.29 is 14.3 Å². The Kier molecular flexibility index (Phi) is 6.37. The topological polar surface area (TPSA) is 102 Å². The van der Waals surface area contributed by atoms with Gasteiger partial charge in [-0.3, -0.25) is 25.2 Å². The summed E-state index contributed by atoms with van der Waals surface area (Å²) in [5.74, 6) is -0.910. The third-order valence-corrected chi connectivity index (χ3v) is 5.30. The lowest BCUT2D eigenvalue weighted by Crippen LogP contribution is -2.42. The molecule has 1 aromatic heterocycles. The molecule has 33 heavy (non-hydrogen) atoms. The van der Waals surface area contributed by atoms with Gasteiger partial charge in [0.15, 0.2) is 5.69 Å². The van der Waals surface area contributed by atoms with Gasteiger partial charge in [0.2, 0.25) is 0 Å². The first-order valence-electron chi connectivity index (χ1n) is 9.97. The first-order chi connectivity index (χ1) is 16.0. The number of carbonyl (C=O) groups is 2. The number of benzene rings is 3. The highest BCUT2D eigenvalue weighted by Crippen LogP contribution is 2.22. The minimum absolute atomic E-state index is 0.0104. The maximum absolute atomic E-state index is 12.8. The number of carbonyl (C=O) groups excluding carboxylic acids is 2. The molecular weight excluding hydrogens is 444 g/mol. The summed E-state index contributed by atoms with van der Waals surface area (Å²) in [5, 5.41) is 5.34. The van der Waals surface area contributed by atoms with Gasteiger partial charge in [-0.05, 0) is 24.3 Å². The van der Waals surface area contributed by atoms with Crippen LogP contribution < -0.4 is 21.1 Å². The summed E-state index contributed by atoms with van der Waals surface area (Å²) in [5.41, 5.74) is 5.41. The average Bonchev–Trinajstić information content (AvgIpc) is 2.84. The molecule has 0 bridgehead atoms. The molecule has 1 heterocycles. The molecule has 0 aliphatic heterocycles. The zero-order chi connectivity index (χ0) is 23.4. The van der Waals surface area contributed by atoms with Crippen molar-refractivity contribution in [1.29, 1.82) is 0 Å². The highest BCUT2D eigenvalue weighted by Gasteiger charge is 2.18. The van der Waals surface area contributed by atoms with Gasteiger partial charge in [0.05, 0.1) is 10.9 Å². The number of ether oxygens (including phenoxy) is 1. The molecule has 0 atom stereocenters. The Labute approximate surface area is 193 Å². The molecule has 8 nitrogen and oxygen atoms in total. The van der Waals surface area contributed by atoms with Crippen molar-refractivity contribution in [2.45, 2.75) is 6.61 Å². The monoisotopic (exact) mass is 462 g/mol. The van der Waals surface area contributed by atoms with Crippen LogP contribution in [-0.2, 0) is 13.7 Å². The fraction of sp³-hybridized carbons (Fsp3) is 0.0833. The van der Waals surface area contributed by atoms with E-state index in [1.807, 2.05) is 18.2 Å². The van der Waals surface area contributed by atoms with Crippen molar-refractivity contribution >= 4 is 34.2 Å². The maximum Gasteiger partial charge on any atom is 0.290 e. The Morgan fingerprint density at radius 2 is 1.55 bits per heavy atom. The predicted octanol–water partition coefficient (Wildman–Crippen LogP) is 3.24. The Morgan fingerprint density at radius 1 is 0.909 bits per heavy atom. The molecule has 0 saturated heterocycles. The Balaban J connectivity index is 1.49. The highest BCUT2D eigenvalue weighted by molar-refractivity contribution is 6.31. The quantitative estimate of drug-likeness (QED) is 0.443. The second-order valence-electron chi connectivity index (χ2n) is 7.11. The van der Waals surface area contributed by atoms with Gasteiger partial charge in [-0.25, -0.2) is 4.68 Å².